The minimum Gasteiger partial charge on any atom is -0.402 e. The third-order valence-corrected chi connectivity index (χ3v) is 3.65. The molecule has 0 amide bonds. The summed E-state index contributed by atoms with van der Waals surface area (Å²) >= 11 is 0. The lowest BCUT2D eigenvalue weighted by atomic mass is 10.1. The SMILES string of the molecule is CC(=O)n1nc(C)c(/C=C2/N=C(c3ccccc3F)OC2=O)c1C. The van der Waals surface area contributed by atoms with E-state index in [1.807, 2.05) is 0 Å². The van der Waals surface area contributed by atoms with Crippen LogP contribution in [0.15, 0.2) is 35.0 Å². The van der Waals surface area contributed by atoms with E-state index in [4.69, 9.17) is 4.74 Å². The van der Waals surface area contributed by atoms with E-state index >= 15 is 0 Å². The van der Waals surface area contributed by atoms with Crippen molar-refractivity contribution in [2.24, 2.45) is 4.99 Å². The number of aliphatic imine (C=N–C) groups is 1. The molecule has 0 saturated heterocycles. The van der Waals surface area contributed by atoms with E-state index in [1.165, 1.54) is 35.9 Å². The van der Waals surface area contributed by atoms with Crippen molar-refractivity contribution < 1.29 is 18.7 Å². The molecule has 0 fully saturated rings. The summed E-state index contributed by atoms with van der Waals surface area (Å²) in [6.07, 6.45) is 1.49. The highest BCUT2D eigenvalue weighted by molar-refractivity contribution is 6.13. The molecule has 2 heterocycles. The van der Waals surface area contributed by atoms with Gasteiger partial charge in [-0.2, -0.15) is 5.10 Å². The minimum absolute atomic E-state index is 0.0301. The topological polar surface area (TPSA) is 73.6 Å². The van der Waals surface area contributed by atoms with Crippen LogP contribution in [0.25, 0.3) is 6.08 Å². The molecule has 0 spiro atoms. The van der Waals surface area contributed by atoms with Crippen LogP contribution in [0.4, 0.5) is 4.39 Å². The summed E-state index contributed by atoms with van der Waals surface area (Å²) in [5.41, 5.74) is 1.92. The highest BCUT2D eigenvalue weighted by atomic mass is 19.1. The second-order valence-corrected chi connectivity index (χ2v) is 5.33. The molecule has 1 aromatic carbocycles. The monoisotopic (exact) mass is 327 g/mol. The number of hydrogen-bond donors (Lipinski definition) is 0. The number of carbonyl (C=O) groups is 2. The fourth-order valence-corrected chi connectivity index (χ4v) is 2.47. The number of carbonyl (C=O) groups excluding carboxylic acids is 2. The fraction of sp³-hybridized carbons (Fsp3) is 0.176. The molecule has 3 rings (SSSR count). The van der Waals surface area contributed by atoms with E-state index in [0.29, 0.717) is 17.0 Å². The Morgan fingerprint density at radius 1 is 1.29 bits per heavy atom. The summed E-state index contributed by atoms with van der Waals surface area (Å²) in [4.78, 5) is 27.6. The first-order valence-electron chi connectivity index (χ1n) is 7.23. The van der Waals surface area contributed by atoms with E-state index in [-0.39, 0.29) is 23.1 Å². The molecule has 1 aliphatic heterocycles. The second-order valence-electron chi connectivity index (χ2n) is 5.33. The molecule has 24 heavy (non-hydrogen) atoms. The van der Waals surface area contributed by atoms with Gasteiger partial charge in [-0.1, -0.05) is 12.1 Å². The van der Waals surface area contributed by atoms with Crippen LogP contribution in [0.3, 0.4) is 0 Å². The predicted octanol–water partition coefficient (Wildman–Crippen LogP) is 2.64. The Morgan fingerprint density at radius 3 is 2.62 bits per heavy atom. The van der Waals surface area contributed by atoms with Crippen LogP contribution in [-0.4, -0.2) is 27.6 Å². The van der Waals surface area contributed by atoms with Gasteiger partial charge in [0.2, 0.25) is 11.8 Å². The number of aromatic nitrogens is 2. The molecule has 1 aromatic heterocycles. The molecule has 6 nitrogen and oxygen atoms in total. The zero-order valence-electron chi connectivity index (χ0n) is 13.3. The van der Waals surface area contributed by atoms with Crippen LogP contribution in [0.2, 0.25) is 0 Å². The molecule has 0 N–H and O–H groups in total. The van der Waals surface area contributed by atoms with Gasteiger partial charge in [0.15, 0.2) is 5.70 Å². The average molecular weight is 327 g/mol. The molecular formula is C17H14FN3O3. The van der Waals surface area contributed by atoms with Crippen molar-refractivity contribution in [2.75, 3.05) is 0 Å². The number of ether oxygens (including phenoxy) is 1. The normalized spacial score (nSPS) is 15.6. The van der Waals surface area contributed by atoms with Crippen LogP contribution in [0, 0.1) is 19.7 Å². The number of esters is 1. The maximum atomic E-state index is 13.8. The summed E-state index contributed by atoms with van der Waals surface area (Å²) in [5, 5.41) is 4.13. The molecule has 2 aromatic rings. The first-order chi connectivity index (χ1) is 11.4. The van der Waals surface area contributed by atoms with E-state index < -0.39 is 11.8 Å². The van der Waals surface area contributed by atoms with Gasteiger partial charge >= 0.3 is 5.97 Å². The Balaban J connectivity index is 2.04. The largest absolute Gasteiger partial charge is 0.402 e. The predicted molar refractivity (Wildman–Crippen MR) is 85.0 cm³/mol. The van der Waals surface area contributed by atoms with E-state index in [1.54, 1.807) is 19.9 Å². The van der Waals surface area contributed by atoms with E-state index in [0.717, 1.165) is 0 Å². The number of benzene rings is 1. The number of cyclic esters (lactones) is 1. The van der Waals surface area contributed by atoms with Crippen LogP contribution in [-0.2, 0) is 9.53 Å². The number of hydrogen-bond acceptors (Lipinski definition) is 5. The van der Waals surface area contributed by atoms with Crippen molar-refractivity contribution in [2.45, 2.75) is 20.8 Å². The van der Waals surface area contributed by atoms with Crippen LogP contribution in [0.5, 0.6) is 0 Å². The van der Waals surface area contributed by atoms with Crippen molar-refractivity contribution in [3.63, 3.8) is 0 Å². The van der Waals surface area contributed by atoms with Gasteiger partial charge in [0.05, 0.1) is 17.0 Å². The third-order valence-electron chi connectivity index (χ3n) is 3.65. The lowest BCUT2D eigenvalue weighted by molar-refractivity contribution is -0.129. The van der Waals surface area contributed by atoms with Gasteiger partial charge < -0.3 is 4.74 Å². The molecule has 0 unspecified atom stereocenters. The second kappa shape index (κ2) is 5.84. The van der Waals surface area contributed by atoms with Crippen molar-refractivity contribution in [1.29, 1.82) is 0 Å². The molecule has 122 valence electrons. The fourth-order valence-electron chi connectivity index (χ4n) is 2.47. The number of halogens is 1. The van der Waals surface area contributed by atoms with Gasteiger partial charge in [-0.25, -0.2) is 18.9 Å². The van der Waals surface area contributed by atoms with Crippen LogP contribution < -0.4 is 0 Å². The minimum atomic E-state index is -0.678. The molecule has 0 bridgehead atoms. The lowest BCUT2D eigenvalue weighted by Crippen LogP contribution is -2.09. The van der Waals surface area contributed by atoms with E-state index in [9.17, 15) is 14.0 Å². The molecule has 1 aliphatic rings. The van der Waals surface area contributed by atoms with Gasteiger partial charge in [-0.15, -0.1) is 0 Å². The van der Waals surface area contributed by atoms with Gasteiger partial charge in [0, 0.05) is 12.5 Å². The van der Waals surface area contributed by atoms with Crippen LogP contribution >= 0.6 is 0 Å². The van der Waals surface area contributed by atoms with Gasteiger partial charge in [-0.05, 0) is 32.1 Å². The molecule has 0 aliphatic carbocycles. The Morgan fingerprint density at radius 2 is 2.00 bits per heavy atom. The van der Waals surface area contributed by atoms with Crippen molar-refractivity contribution in [3.8, 4) is 0 Å². The zero-order chi connectivity index (χ0) is 17.4. The first kappa shape index (κ1) is 15.8. The maximum Gasteiger partial charge on any atom is 0.363 e. The van der Waals surface area contributed by atoms with Gasteiger partial charge in [0.25, 0.3) is 0 Å². The van der Waals surface area contributed by atoms with Gasteiger partial charge in [-0.3, -0.25) is 4.79 Å². The molecular weight excluding hydrogens is 313 g/mol. The van der Waals surface area contributed by atoms with Gasteiger partial charge in [0.1, 0.15) is 5.82 Å². The first-order valence-corrected chi connectivity index (χ1v) is 7.23. The average Bonchev–Trinajstić information content (AvgIpc) is 3.03. The Kier molecular flexibility index (Phi) is 3.84. The quantitative estimate of drug-likeness (QED) is 0.628. The molecule has 0 radical (unpaired) electrons. The highest BCUT2D eigenvalue weighted by Crippen LogP contribution is 2.23. The summed E-state index contributed by atoms with van der Waals surface area (Å²) in [7, 11) is 0. The number of nitrogens with zero attached hydrogens (tertiary/aromatic N) is 3. The standard InChI is InChI=1S/C17H14FN3O3/c1-9-13(10(2)21(20-9)11(3)22)8-15-17(23)24-16(19-15)12-6-4-5-7-14(12)18/h4-8H,1-3H3/b15-8+. The maximum absolute atomic E-state index is 13.8. The summed E-state index contributed by atoms with van der Waals surface area (Å²) in [6.45, 7) is 4.84. The Labute approximate surface area is 137 Å². The molecule has 0 saturated carbocycles. The van der Waals surface area contributed by atoms with E-state index in [2.05, 4.69) is 10.1 Å². The Bertz CT molecular complexity index is 925. The van der Waals surface area contributed by atoms with Crippen molar-refractivity contribution in [3.05, 3.63) is 58.3 Å². The Hall–Kier alpha value is -3.09. The number of rotatable bonds is 2. The zero-order valence-corrected chi connectivity index (χ0v) is 13.3. The molecule has 0 atom stereocenters. The summed E-state index contributed by atoms with van der Waals surface area (Å²) < 4.78 is 20.1. The van der Waals surface area contributed by atoms with Crippen molar-refractivity contribution >= 4 is 23.9 Å². The number of aryl methyl sites for hydroxylation is 1. The molecule has 7 heteroatoms. The highest BCUT2D eigenvalue weighted by Gasteiger charge is 2.27. The summed E-state index contributed by atoms with van der Waals surface area (Å²) in [5.74, 6) is -1.52. The van der Waals surface area contributed by atoms with Crippen molar-refractivity contribution in [1.82, 2.24) is 9.78 Å². The summed E-state index contributed by atoms with van der Waals surface area (Å²) in [6, 6.07) is 5.91. The van der Waals surface area contributed by atoms with Crippen LogP contribution in [0.1, 0.15) is 34.2 Å². The smallest absolute Gasteiger partial charge is 0.363 e. The third kappa shape index (κ3) is 2.64. The lowest BCUT2D eigenvalue weighted by Gasteiger charge is -1.99.